The molecule has 29 heavy (non-hydrogen) atoms. The molecule has 2 N–H and O–H groups in total. The largest absolute Gasteiger partial charge is 0.497 e. The van der Waals surface area contributed by atoms with E-state index in [2.05, 4.69) is 32.7 Å². The zero-order valence-corrected chi connectivity index (χ0v) is 16.5. The molecule has 0 fully saturated rings. The quantitative estimate of drug-likeness (QED) is 0.539. The van der Waals surface area contributed by atoms with Gasteiger partial charge in [0.05, 0.1) is 32.3 Å². The second-order valence-corrected chi connectivity index (χ2v) is 6.32. The predicted molar refractivity (Wildman–Crippen MR) is 113 cm³/mol. The third kappa shape index (κ3) is 5.68. The van der Waals surface area contributed by atoms with Crippen LogP contribution < -0.4 is 20.1 Å². The van der Waals surface area contributed by atoms with Crippen LogP contribution in [0.15, 0.2) is 60.9 Å². The van der Waals surface area contributed by atoms with E-state index in [0.29, 0.717) is 23.0 Å². The van der Waals surface area contributed by atoms with Crippen LogP contribution >= 0.6 is 0 Å². The van der Waals surface area contributed by atoms with Crippen molar-refractivity contribution in [1.29, 1.82) is 0 Å². The fourth-order valence-electron chi connectivity index (χ4n) is 2.78. The summed E-state index contributed by atoms with van der Waals surface area (Å²) in [5.41, 5.74) is 2.06. The number of anilines is 2. The van der Waals surface area contributed by atoms with Crippen molar-refractivity contribution in [1.82, 2.24) is 9.97 Å². The number of benzene rings is 2. The van der Waals surface area contributed by atoms with Gasteiger partial charge in [0.15, 0.2) is 0 Å². The van der Waals surface area contributed by atoms with Crippen LogP contribution in [0, 0.1) is 0 Å². The van der Waals surface area contributed by atoms with Gasteiger partial charge < -0.3 is 20.1 Å². The number of carbonyl (C=O) groups is 1. The molecular weight excluding hydrogens is 368 g/mol. The maximum Gasteiger partial charge on any atom is 0.275 e. The van der Waals surface area contributed by atoms with E-state index in [9.17, 15) is 4.79 Å². The Morgan fingerprint density at radius 1 is 1.00 bits per heavy atom. The molecule has 0 saturated carbocycles. The number of nitrogens with one attached hydrogen (secondary N) is 2. The van der Waals surface area contributed by atoms with Gasteiger partial charge in [-0.05, 0) is 30.5 Å². The first-order chi connectivity index (χ1) is 14.2. The van der Waals surface area contributed by atoms with Crippen LogP contribution in [0.3, 0.4) is 0 Å². The summed E-state index contributed by atoms with van der Waals surface area (Å²) in [6.45, 7) is 0.776. The second-order valence-electron chi connectivity index (χ2n) is 6.32. The highest BCUT2D eigenvalue weighted by Crippen LogP contribution is 2.29. The van der Waals surface area contributed by atoms with Crippen LogP contribution in [-0.2, 0) is 6.42 Å². The first-order valence-corrected chi connectivity index (χ1v) is 9.33. The normalized spacial score (nSPS) is 10.3. The van der Waals surface area contributed by atoms with Gasteiger partial charge in [-0.15, -0.1) is 0 Å². The molecule has 0 spiro atoms. The van der Waals surface area contributed by atoms with Crippen molar-refractivity contribution in [2.45, 2.75) is 12.8 Å². The number of aromatic nitrogens is 2. The van der Waals surface area contributed by atoms with E-state index in [1.807, 2.05) is 18.2 Å². The molecule has 150 valence electrons. The van der Waals surface area contributed by atoms with Crippen molar-refractivity contribution in [2.75, 3.05) is 31.4 Å². The summed E-state index contributed by atoms with van der Waals surface area (Å²) in [6.07, 6.45) is 4.98. The lowest BCUT2D eigenvalue weighted by atomic mass is 10.1. The van der Waals surface area contributed by atoms with Gasteiger partial charge >= 0.3 is 0 Å². The average molecular weight is 392 g/mol. The molecule has 0 unspecified atom stereocenters. The lowest BCUT2D eigenvalue weighted by molar-refractivity contribution is 0.102. The summed E-state index contributed by atoms with van der Waals surface area (Å²) >= 11 is 0. The van der Waals surface area contributed by atoms with Crippen LogP contribution in [0.1, 0.15) is 22.5 Å². The van der Waals surface area contributed by atoms with Crippen molar-refractivity contribution in [3.63, 3.8) is 0 Å². The first kappa shape index (κ1) is 20.1. The van der Waals surface area contributed by atoms with Crippen LogP contribution in [0.4, 0.5) is 11.5 Å². The molecule has 1 heterocycles. The van der Waals surface area contributed by atoms with Gasteiger partial charge in [0.2, 0.25) is 0 Å². The Morgan fingerprint density at radius 2 is 1.83 bits per heavy atom. The summed E-state index contributed by atoms with van der Waals surface area (Å²) in [7, 11) is 3.10. The van der Waals surface area contributed by atoms with Crippen molar-refractivity contribution in [3.8, 4) is 11.5 Å². The lowest BCUT2D eigenvalue weighted by Crippen LogP contribution is -2.15. The first-order valence-electron chi connectivity index (χ1n) is 9.33. The molecule has 1 aromatic heterocycles. The summed E-state index contributed by atoms with van der Waals surface area (Å²) in [6, 6.07) is 15.5. The molecule has 2 aromatic carbocycles. The van der Waals surface area contributed by atoms with Gasteiger partial charge in [0.1, 0.15) is 23.0 Å². The summed E-state index contributed by atoms with van der Waals surface area (Å²) in [4.78, 5) is 20.9. The van der Waals surface area contributed by atoms with Crippen LogP contribution in [0.2, 0.25) is 0 Å². The second kappa shape index (κ2) is 10.1. The van der Waals surface area contributed by atoms with Gasteiger partial charge in [-0.2, -0.15) is 0 Å². The Balaban J connectivity index is 1.52. The number of ether oxygens (including phenoxy) is 2. The van der Waals surface area contributed by atoms with E-state index in [4.69, 9.17) is 9.47 Å². The van der Waals surface area contributed by atoms with Gasteiger partial charge in [0, 0.05) is 12.6 Å². The van der Waals surface area contributed by atoms with Gasteiger partial charge in [-0.25, -0.2) is 9.97 Å². The standard InChI is InChI=1S/C22H24N4O3/c1-28-17-10-11-18(20(13-17)29-2)26-22(27)19-14-25-21(15-24-19)23-12-6-9-16-7-4-3-5-8-16/h3-5,7-8,10-11,13-15H,6,9,12H2,1-2H3,(H,23,25)(H,26,27). The highest BCUT2D eigenvalue weighted by atomic mass is 16.5. The Bertz CT molecular complexity index is 931. The molecule has 0 saturated heterocycles. The van der Waals surface area contributed by atoms with E-state index < -0.39 is 0 Å². The topological polar surface area (TPSA) is 85.4 Å². The minimum atomic E-state index is -0.364. The Morgan fingerprint density at radius 3 is 2.52 bits per heavy atom. The zero-order valence-electron chi connectivity index (χ0n) is 16.5. The summed E-state index contributed by atoms with van der Waals surface area (Å²) < 4.78 is 10.4. The molecule has 7 heteroatoms. The molecular formula is C22H24N4O3. The number of hydrogen-bond donors (Lipinski definition) is 2. The average Bonchev–Trinajstić information content (AvgIpc) is 2.78. The van der Waals surface area contributed by atoms with E-state index >= 15 is 0 Å². The number of nitrogens with zero attached hydrogens (tertiary/aromatic N) is 2. The number of aryl methyl sites for hydroxylation is 1. The summed E-state index contributed by atoms with van der Waals surface area (Å²) in [5, 5.41) is 6.00. The Hall–Kier alpha value is -3.61. The van der Waals surface area contributed by atoms with Crippen molar-refractivity contribution >= 4 is 17.4 Å². The molecule has 0 radical (unpaired) electrons. The van der Waals surface area contributed by atoms with E-state index in [-0.39, 0.29) is 11.6 Å². The third-order valence-corrected chi connectivity index (χ3v) is 4.33. The smallest absolute Gasteiger partial charge is 0.275 e. The molecule has 3 rings (SSSR count). The van der Waals surface area contributed by atoms with Gasteiger partial charge in [-0.1, -0.05) is 30.3 Å². The zero-order chi connectivity index (χ0) is 20.5. The minimum absolute atomic E-state index is 0.220. The number of hydrogen-bond acceptors (Lipinski definition) is 6. The van der Waals surface area contributed by atoms with Crippen LogP contribution in [0.25, 0.3) is 0 Å². The molecule has 0 atom stereocenters. The Labute approximate surface area is 170 Å². The fraction of sp³-hybridized carbons (Fsp3) is 0.227. The molecule has 0 aliphatic heterocycles. The Kier molecular flexibility index (Phi) is 7.00. The molecule has 7 nitrogen and oxygen atoms in total. The predicted octanol–water partition coefficient (Wildman–Crippen LogP) is 3.79. The lowest BCUT2D eigenvalue weighted by Gasteiger charge is -2.11. The number of rotatable bonds is 9. The van der Waals surface area contributed by atoms with Crippen molar-refractivity contribution in [3.05, 3.63) is 72.2 Å². The number of amides is 1. The summed E-state index contributed by atoms with van der Waals surface area (Å²) in [5.74, 6) is 1.41. The van der Waals surface area contributed by atoms with Gasteiger partial charge in [-0.3, -0.25) is 4.79 Å². The molecule has 0 bridgehead atoms. The SMILES string of the molecule is COc1ccc(NC(=O)c2cnc(NCCCc3ccccc3)cn2)c(OC)c1. The highest BCUT2D eigenvalue weighted by molar-refractivity contribution is 6.03. The van der Waals surface area contributed by atoms with Crippen LogP contribution in [-0.4, -0.2) is 36.6 Å². The van der Waals surface area contributed by atoms with Crippen molar-refractivity contribution in [2.24, 2.45) is 0 Å². The monoisotopic (exact) mass is 392 g/mol. The molecule has 0 aliphatic rings. The van der Waals surface area contributed by atoms with Crippen molar-refractivity contribution < 1.29 is 14.3 Å². The number of carbonyl (C=O) groups excluding carboxylic acids is 1. The molecule has 1 amide bonds. The third-order valence-electron chi connectivity index (χ3n) is 4.33. The van der Waals surface area contributed by atoms with Crippen LogP contribution in [0.5, 0.6) is 11.5 Å². The molecule has 3 aromatic rings. The maximum absolute atomic E-state index is 12.4. The van der Waals surface area contributed by atoms with Gasteiger partial charge in [0.25, 0.3) is 5.91 Å². The highest BCUT2D eigenvalue weighted by Gasteiger charge is 2.12. The van der Waals surface area contributed by atoms with E-state index in [1.165, 1.54) is 18.9 Å². The van der Waals surface area contributed by atoms with E-state index in [1.54, 1.807) is 31.5 Å². The molecule has 0 aliphatic carbocycles. The minimum Gasteiger partial charge on any atom is -0.497 e. The fourth-order valence-corrected chi connectivity index (χ4v) is 2.78. The maximum atomic E-state index is 12.4. The number of methoxy groups -OCH3 is 2. The van der Waals surface area contributed by atoms with E-state index in [0.717, 1.165) is 19.4 Å².